The predicted molar refractivity (Wildman–Crippen MR) is 127 cm³/mol. The van der Waals surface area contributed by atoms with Gasteiger partial charge in [0.1, 0.15) is 4.90 Å². The van der Waals surface area contributed by atoms with E-state index in [0.717, 1.165) is 33.5 Å². The molecule has 2 N–H and O–H groups in total. The van der Waals surface area contributed by atoms with Crippen molar-refractivity contribution in [2.75, 3.05) is 22.0 Å². The molecule has 0 atom stereocenters. The maximum atomic E-state index is 13.1. The van der Waals surface area contributed by atoms with Gasteiger partial charge in [0.15, 0.2) is 5.82 Å². The average Bonchev–Trinajstić information content (AvgIpc) is 3.35. The molecule has 36 heavy (non-hydrogen) atoms. The zero-order valence-electron chi connectivity index (χ0n) is 18.6. The van der Waals surface area contributed by atoms with E-state index in [2.05, 4.69) is 20.7 Å². The fourth-order valence-electron chi connectivity index (χ4n) is 3.12. The van der Waals surface area contributed by atoms with Gasteiger partial charge >= 0.3 is 12.2 Å². The van der Waals surface area contributed by atoms with Gasteiger partial charge in [0.25, 0.3) is 10.0 Å². The summed E-state index contributed by atoms with van der Waals surface area (Å²) in [5.41, 5.74) is 0.439. The summed E-state index contributed by atoms with van der Waals surface area (Å²) in [5, 5.41) is 9.24. The lowest BCUT2D eigenvalue weighted by Crippen LogP contribution is -2.26. The summed E-state index contributed by atoms with van der Waals surface area (Å²) in [4.78, 5) is 15.7. The number of carbonyl (C=O) groups excluding carboxylic acids is 1. The third-order valence-electron chi connectivity index (χ3n) is 5.05. The Balaban J connectivity index is 1.45. The lowest BCUT2D eigenvalue weighted by Gasteiger charge is -2.19. The number of hydrogen-bond acceptors (Lipinski definition) is 5. The SMILES string of the molecule is CN(c1ccc(NC(=O)Nc2ccccc2)cc1)S(=O)(=O)c1cnn(-c2ccc(C(F)(F)F)cn2)c1. The van der Waals surface area contributed by atoms with Crippen LogP contribution in [0.3, 0.4) is 0 Å². The number of halogens is 3. The highest BCUT2D eigenvalue weighted by Gasteiger charge is 2.31. The molecule has 0 unspecified atom stereocenters. The molecular weight excluding hydrogens is 497 g/mol. The Kier molecular flexibility index (Phi) is 6.66. The van der Waals surface area contributed by atoms with E-state index in [1.54, 1.807) is 36.4 Å². The van der Waals surface area contributed by atoms with Crippen molar-refractivity contribution in [2.45, 2.75) is 11.1 Å². The summed E-state index contributed by atoms with van der Waals surface area (Å²) in [7, 11) is -2.70. The lowest BCUT2D eigenvalue weighted by atomic mass is 10.3. The predicted octanol–water partition coefficient (Wildman–Crippen LogP) is 4.76. The van der Waals surface area contributed by atoms with E-state index in [9.17, 15) is 26.4 Å². The van der Waals surface area contributed by atoms with Gasteiger partial charge in [-0.15, -0.1) is 0 Å². The summed E-state index contributed by atoms with van der Waals surface area (Å²) in [6.07, 6.45) is -1.66. The second-order valence-corrected chi connectivity index (χ2v) is 9.46. The van der Waals surface area contributed by atoms with E-state index in [0.29, 0.717) is 23.3 Å². The molecule has 4 rings (SSSR count). The normalized spacial score (nSPS) is 11.7. The standard InChI is InChI=1S/C23H19F3N6O3S/c1-31(19-10-8-18(9-11-19)30-22(33)29-17-5-3-2-4-6-17)36(34,35)20-14-28-32(15-20)21-12-7-16(13-27-21)23(24,25)26/h2-15H,1H3,(H2,29,30,33). The number of para-hydroxylation sites is 1. The van der Waals surface area contributed by atoms with Crippen LogP contribution in [0.5, 0.6) is 0 Å². The molecule has 0 bridgehead atoms. The molecule has 9 nitrogen and oxygen atoms in total. The molecular formula is C23H19F3N6O3S. The van der Waals surface area contributed by atoms with Gasteiger partial charge in [-0.1, -0.05) is 18.2 Å². The number of anilines is 3. The van der Waals surface area contributed by atoms with Gasteiger partial charge < -0.3 is 10.6 Å². The molecule has 2 aromatic heterocycles. The van der Waals surface area contributed by atoms with Crippen molar-refractivity contribution in [2.24, 2.45) is 0 Å². The van der Waals surface area contributed by atoms with Crippen molar-refractivity contribution < 1.29 is 26.4 Å². The number of amides is 2. The number of rotatable bonds is 6. The van der Waals surface area contributed by atoms with Gasteiger partial charge in [0.2, 0.25) is 0 Å². The maximum Gasteiger partial charge on any atom is 0.417 e. The van der Waals surface area contributed by atoms with Crippen LogP contribution in [0, 0.1) is 0 Å². The summed E-state index contributed by atoms with van der Waals surface area (Å²) in [6.45, 7) is 0. The number of alkyl halides is 3. The smallest absolute Gasteiger partial charge is 0.308 e. The molecule has 0 radical (unpaired) electrons. The summed E-state index contributed by atoms with van der Waals surface area (Å²) < 4.78 is 66.4. The van der Waals surface area contributed by atoms with Crippen LogP contribution >= 0.6 is 0 Å². The van der Waals surface area contributed by atoms with E-state index in [-0.39, 0.29) is 10.7 Å². The van der Waals surface area contributed by atoms with Gasteiger partial charge in [0.05, 0.1) is 23.6 Å². The molecule has 2 amide bonds. The third kappa shape index (κ3) is 5.46. The van der Waals surface area contributed by atoms with Crippen LogP contribution in [0.15, 0.2) is 90.2 Å². The fraction of sp³-hybridized carbons (Fsp3) is 0.0870. The fourth-order valence-corrected chi connectivity index (χ4v) is 4.25. The van der Waals surface area contributed by atoms with Gasteiger partial charge in [-0.25, -0.2) is 22.9 Å². The lowest BCUT2D eigenvalue weighted by molar-refractivity contribution is -0.137. The number of sulfonamides is 1. The Bertz CT molecular complexity index is 1460. The third-order valence-corrected chi connectivity index (χ3v) is 6.79. The van der Waals surface area contributed by atoms with Crippen LogP contribution in [0.25, 0.3) is 5.82 Å². The van der Waals surface area contributed by atoms with Crippen molar-refractivity contribution >= 4 is 33.1 Å². The van der Waals surface area contributed by atoms with E-state index in [1.807, 2.05) is 6.07 Å². The van der Waals surface area contributed by atoms with Gasteiger partial charge in [-0.05, 0) is 48.5 Å². The Hall–Kier alpha value is -4.39. The number of hydrogen-bond donors (Lipinski definition) is 2. The number of aromatic nitrogens is 3. The van der Waals surface area contributed by atoms with E-state index in [4.69, 9.17) is 0 Å². The Morgan fingerprint density at radius 1 is 0.917 bits per heavy atom. The first-order chi connectivity index (χ1) is 17.0. The molecule has 4 aromatic rings. The Morgan fingerprint density at radius 2 is 1.56 bits per heavy atom. The number of pyridine rings is 1. The van der Waals surface area contributed by atoms with E-state index in [1.165, 1.54) is 19.2 Å². The monoisotopic (exact) mass is 516 g/mol. The van der Waals surface area contributed by atoms with Crippen molar-refractivity contribution in [1.29, 1.82) is 0 Å². The minimum Gasteiger partial charge on any atom is -0.308 e. The van der Waals surface area contributed by atoms with Crippen LogP contribution in [0.2, 0.25) is 0 Å². The first-order valence-electron chi connectivity index (χ1n) is 10.3. The Morgan fingerprint density at radius 3 is 2.14 bits per heavy atom. The van der Waals surface area contributed by atoms with Gasteiger partial charge in [0, 0.05) is 24.6 Å². The van der Waals surface area contributed by atoms with Crippen LogP contribution in [-0.4, -0.2) is 36.3 Å². The molecule has 0 aliphatic carbocycles. The average molecular weight is 517 g/mol. The van der Waals surface area contributed by atoms with Crippen LogP contribution in [0.1, 0.15) is 5.56 Å². The number of urea groups is 1. The van der Waals surface area contributed by atoms with Crippen LogP contribution < -0.4 is 14.9 Å². The molecule has 0 saturated carbocycles. The summed E-state index contributed by atoms with van der Waals surface area (Å²) in [6, 6.07) is 16.4. The molecule has 13 heteroatoms. The van der Waals surface area contributed by atoms with Crippen molar-refractivity contribution in [3.8, 4) is 5.82 Å². The minimum absolute atomic E-state index is 0.0244. The molecule has 2 aromatic carbocycles. The van der Waals surface area contributed by atoms with Crippen LogP contribution in [-0.2, 0) is 16.2 Å². The van der Waals surface area contributed by atoms with Gasteiger partial charge in [-0.3, -0.25) is 4.31 Å². The van der Waals surface area contributed by atoms with Gasteiger partial charge in [-0.2, -0.15) is 18.3 Å². The molecule has 0 fully saturated rings. The first kappa shape index (κ1) is 24.7. The molecule has 0 spiro atoms. The zero-order chi connectivity index (χ0) is 25.9. The van der Waals surface area contributed by atoms with Crippen molar-refractivity contribution in [3.63, 3.8) is 0 Å². The second kappa shape index (κ2) is 9.70. The number of benzene rings is 2. The first-order valence-corrected chi connectivity index (χ1v) is 11.8. The molecule has 0 aliphatic heterocycles. The quantitative estimate of drug-likeness (QED) is 0.384. The Labute approximate surface area is 204 Å². The highest BCUT2D eigenvalue weighted by atomic mass is 32.2. The maximum absolute atomic E-state index is 13.1. The molecule has 2 heterocycles. The number of carbonyl (C=O) groups is 1. The topological polar surface area (TPSA) is 109 Å². The highest BCUT2D eigenvalue weighted by Crippen LogP contribution is 2.29. The molecule has 0 aliphatic rings. The van der Waals surface area contributed by atoms with Crippen molar-refractivity contribution in [3.05, 3.63) is 90.9 Å². The minimum atomic E-state index is -4.54. The molecule has 0 saturated heterocycles. The van der Waals surface area contributed by atoms with E-state index >= 15 is 0 Å². The van der Waals surface area contributed by atoms with E-state index < -0.39 is 27.8 Å². The summed E-state index contributed by atoms with van der Waals surface area (Å²) in [5.74, 6) is 0.0244. The number of nitrogens with one attached hydrogen (secondary N) is 2. The molecule has 186 valence electrons. The second-order valence-electron chi connectivity index (χ2n) is 7.49. The zero-order valence-corrected chi connectivity index (χ0v) is 19.5. The van der Waals surface area contributed by atoms with Crippen LogP contribution in [0.4, 0.5) is 35.0 Å². The van der Waals surface area contributed by atoms with Crippen molar-refractivity contribution in [1.82, 2.24) is 14.8 Å². The number of nitrogens with zero attached hydrogens (tertiary/aromatic N) is 4. The highest BCUT2D eigenvalue weighted by molar-refractivity contribution is 7.92. The largest absolute Gasteiger partial charge is 0.417 e. The summed E-state index contributed by atoms with van der Waals surface area (Å²) >= 11 is 0.